The Hall–Kier alpha value is -2.72. The Kier molecular flexibility index (Phi) is 7.38. The summed E-state index contributed by atoms with van der Waals surface area (Å²) in [6.45, 7) is 7.79. The molecule has 0 atom stereocenters. The van der Waals surface area contributed by atoms with Crippen molar-refractivity contribution >= 4 is 28.4 Å². The quantitative estimate of drug-likeness (QED) is 0.220. The average molecular weight is 433 g/mol. The number of ether oxygens (including phenoxy) is 1. The molecule has 158 valence electrons. The molecule has 0 heterocycles. The SMILES string of the molecule is CCSC(=O)O/C(=C(\C#N)c1ccc(C(C)(C)C)cc1)c1ccccc1C(F)(F)F. The minimum Gasteiger partial charge on any atom is -0.416 e. The molecule has 0 bridgehead atoms. The standard InChI is InChI=1S/C23H22F3NO2S/c1-5-30-21(28)29-20(17-8-6-7-9-19(17)23(24,25)26)18(14-27)15-10-12-16(13-11-15)22(2,3)4/h6-13H,5H2,1-4H3/b20-18+. The van der Waals surface area contributed by atoms with Crippen molar-refractivity contribution in [3.63, 3.8) is 0 Å². The molecule has 0 aliphatic carbocycles. The summed E-state index contributed by atoms with van der Waals surface area (Å²) < 4.78 is 46.1. The van der Waals surface area contributed by atoms with Crippen molar-refractivity contribution < 1.29 is 22.7 Å². The van der Waals surface area contributed by atoms with Crippen LogP contribution in [0.1, 0.15) is 49.9 Å². The van der Waals surface area contributed by atoms with Gasteiger partial charge in [-0.1, -0.05) is 70.2 Å². The molecular formula is C23H22F3NO2S. The van der Waals surface area contributed by atoms with Gasteiger partial charge in [-0.2, -0.15) is 18.4 Å². The molecule has 7 heteroatoms. The van der Waals surface area contributed by atoms with Crippen LogP contribution >= 0.6 is 11.8 Å². The first kappa shape index (κ1) is 23.6. The van der Waals surface area contributed by atoms with Gasteiger partial charge in [-0.25, -0.2) is 4.79 Å². The lowest BCUT2D eigenvalue weighted by Crippen LogP contribution is -2.12. The summed E-state index contributed by atoms with van der Waals surface area (Å²) in [5, 5.41) is 9.02. The number of rotatable bonds is 4. The Morgan fingerprint density at radius 2 is 1.67 bits per heavy atom. The van der Waals surface area contributed by atoms with E-state index in [-0.39, 0.29) is 16.6 Å². The highest BCUT2D eigenvalue weighted by molar-refractivity contribution is 8.13. The summed E-state index contributed by atoms with van der Waals surface area (Å²) in [5.74, 6) is -0.0188. The topological polar surface area (TPSA) is 50.1 Å². The maximum atomic E-state index is 13.6. The number of alkyl halides is 3. The zero-order valence-corrected chi connectivity index (χ0v) is 17.9. The van der Waals surface area contributed by atoms with E-state index in [4.69, 9.17) is 4.74 Å². The second-order valence-corrected chi connectivity index (χ2v) is 8.67. The van der Waals surface area contributed by atoms with Crippen LogP contribution < -0.4 is 0 Å². The van der Waals surface area contributed by atoms with Crippen molar-refractivity contribution in [1.29, 1.82) is 5.26 Å². The molecule has 0 aromatic heterocycles. The zero-order chi connectivity index (χ0) is 22.5. The highest BCUT2D eigenvalue weighted by Crippen LogP contribution is 2.38. The molecule has 0 spiro atoms. The van der Waals surface area contributed by atoms with Gasteiger partial charge in [0.1, 0.15) is 11.6 Å². The number of carbonyl (C=O) groups is 1. The molecule has 3 nitrogen and oxygen atoms in total. The fourth-order valence-corrected chi connectivity index (χ4v) is 3.16. The fraction of sp³-hybridized carbons (Fsp3) is 0.304. The molecule has 0 fully saturated rings. The van der Waals surface area contributed by atoms with E-state index >= 15 is 0 Å². The lowest BCUT2D eigenvalue weighted by molar-refractivity contribution is -0.137. The van der Waals surface area contributed by atoms with Gasteiger partial charge in [-0.3, -0.25) is 0 Å². The van der Waals surface area contributed by atoms with Gasteiger partial charge in [-0.05, 0) is 34.4 Å². The molecule has 0 aliphatic heterocycles. The van der Waals surface area contributed by atoms with Gasteiger partial charge in [0.25, 0.3) is 0 Å². The molecular weight excluding hydrogens is 411 g/mol. The minimum atomic E-state index is -4.68. The monoisotopic (exact) mass is 433 g/mol. The second kappa shape index (κ2) is 9.40. The number of benzene rings is 2. The molecule has 2 aromatic rings. The molecule has 0 amide bonds. The van der Waals surface area contributed by atoms with Gasteiger partial charge >= 0.3 is 11.5 Å². The van der Waals surface area contributed by atoms with Gasteiger partial charge in [-0.15, -0.1) is 0 Å². The molecule has 2 rings (SSSR count). The van der Waals surface area contributed by atoms with E-state index < -0.39 is 22.8 Å². The van der Waals surface area contributed by atoms with Crippen molar-refractivity contribution in [2.24, 2.45) is 0 Å². The van der Waals surface area contributed by atoms with Gasteiger partial charge in [0, 0.05) is 11.3 Å². The number of allylic oxidation sites excluding steroid dienone is 1. The molecule has 0 aliphatic rings. The molecule has 2 aromatic carbocycles. The largest absolute Gasteiger partial charge is 0.417 e. The van der Waals surface area contributed by atoms with Crippen LogP contribution in [0, 0.1) is 11.3 Å². The highest BCUT2D eigenvalue weighted by Gasteiger charge is 2.35. The van der Waals surface area contributed by atoms with Crippen LogP contribution in [-0.2, 0) is 16.3 Å². The van der Waals surface area contributed by atoms with Crippen LogP contribution in [0.4, 0.5) is 18.0 Å². The summed E-state index contributed by atoms with van der Waals surface area (Å²) >= 11 is 0.811. The number of halogens is 3. The van der Waals surface area contributed by atoms with Gasteiger partial charge in [0.05, 0.1) is 5.56 Å². The van der Waals surface area contributed by atoms with Crippen molar-refractivity contribution in [2.45, 2.75) is 39.3 Å². The Balaban J connectivity index is 2.73. The van der Waals surface area contributed by atoms with Crippen molar-refractivity contribution in [1.82, 2.24) is 0 Å². The highest BCUT2D eigenvalue weighted by atomic mass is 32.2. The fourth-order valence-electron chi connectivity index (χ4n) is 2.78. The van der Waals surface area contributed by atoms with E-state index in [1.807, 2.05) is 39.0 Å². The first-order chi connectivity index (χ1) is 14.0. The van der Waals surface area contributed by atoms with Crippen molar-refractivity contribution in [2.75, 3.05) is 5.75 Å². The van der Waals surface area contributed by atoms with E-state index in [0.717, 1.165) is 23.4 Å². The average Bonchev–Trinajstić information content (AvgIpc) is 2.67. The Morgan fingerprint density at radius 3 is 2.17 bits per heavy atom. The third kappa shape index (κ3) is 5.67. The van der Waals surface area contributed by atoms with Crippen LogP contribution in [0.5, 0.6) is 0 Å². The maximum absolute atomic E-state index is 13.6. The smallest absolute Gasteiger partial charge is 0.416 e. The van der Waals surface area contributed by atoms with Crippen LogP contribution in [0.2, 0.25) is 0 Å². The number of carbonyl (C=O) groups excluding carboxylic acids is 1. The molecule has 0 saturated heterocycles. The van der Waals surface area contributed by atoms with E-state index in [0.29, 0.717) is 11.3 Å². The summed E-state index contributed by atoms with van der Waals surface area (Å²) in [7, 11) is 0. The molecule has 30 heavy (non-hydrogen) atoms. The number of nitriles is 1. The van der Waals surface area contributed by atoms with E-state index in [9.17, 15) is 23.2 Å². The number of hydrogen-bond acceptors (Lipinski definition) is 4. The predicted molar refractivity (Wildman–Crippen MR) is 114 cm³/mol. The lowest BCUT2D eigenvalue weighted by atomic mass is 9.86. The number of hydrogen-bond donors (Lipinski definition) is 0. The first-order valence-corrected chi connectivity index (χ1v) is 10.2. The lowest BCUT2D eigenvalue weighted by Gasteiger charge is -2.20. The van der Waals surface area contributed by atoms with Crippen LogP contribution in [0.25, 0.3) is 11.3 Å². The predicted octanol–water partition coefficient (Wildman–Crippen LogP) is 7.28. The second-order valence-electron chi connectivity index (χ2n) is 7.47. The normalized spacial score (nSPS) is 12.7. The first-order valence-electron chi connectivity index (χ1n) is 9.25. The molecule has 0 saturated carbocycles. The van der Waals surface area contributed by atoms with E-state index in [1.165, 1.54) is 18.2 Å². The molecule has 0 radical (unpaired) electrons. The van der Waals surface area contributed by atoms with Crippen LogP contribution in [0.15, 0.2) is 48.5 Å². The Labute approximate surface area is 178 Å². The van der Waals surface area contributed by atoms with Crippen molar-refractivity contribution in [3.05, 3.63) is 70.8 Å². The summed E-state index contributed by atoms with van der Waals surface area (Å²) in [5.41, 5.74) is -0.242. The van der Waals surface area contributed by atoms with Gasteiger partial charge in [0.2, 0.25) is 0 Å². The number of thioether (sulfide) groups is 1. The van der Waals surface area contributed by atoms with Crippen LogP contribution in [0.3, 0.4) is 0 Å². The van der Waals surface area contributed by atoms with E-state index in [1.54, 1.807) is 19.1 Å². The van der Waals surface area contributed by atoms with Gasteiger partial charge in [0.15, 0.2) is 5.76 Å². The van der Waals surface area contributed by atoms with Crippen LogP contribution in [-0.4, -0.2) is 11.1 Å². The van der Waals surface area contributed by atoms with Gasteiger partial charge < -0.3 is 4.74 Å². The number of nitrogens with zero attached hydrogens (tertiary/aromatic N) is 1. The van der Waals surface area contributed by atoms with Crippen molar-refractivity contribution in [3.8, 4) is 6.07 Å². The summed E-state index contributed by atoms with van der Waals surface area (Å²) in [6.07, 6.45) is -4.68. The van der Waals surface area contributed by atoms with E-state index in [2.05, 4.69) is 0 Å². The minimum absolute atomic E-state index is 0.134. The molecule has 0 unspecified atom stereocenters. The Bertz CT molecular complexity index is 981. The summed E-state index contributed by atoms with van der Waals surface area (Å²) in [6, 6.07) is 13.6. The third-order valence-corrected chi connectivity index (χ3v) is 4.91. The molecule has 0 N–H and O–H groups in total. The summed E-state index contributed by atoms with van der Waals surface area (Å²) in [4.78, 5) is 12.1. The Morgan fingerprint density at radius 1 is 1.07 bits per heavy atom. The third-order valence-electron chi connectivity index (χ3n) is 4.30. The zero-order valence-electron chi connectivity index (χ0n) is 17.1. The maximum Gasteiger partial charge on any atom is 0.417 e.